The average molecular weight is 419 g/mol. The molecule has 0 spiro atoms. The van der Waals surface area contributed by atoms with Gasteiger partial charge in [-0.15, -0.1) is 0 Å². The molecule has 2 rings (SSSR count). The van der Waals surface area contributed by atoms with Gasteiger partial charge in [-0.1, -0.05) is 44.0 Å². The normalized spacial score (nSPS) is 10.5. The molecule has 21 heavy (non-hydrogen) atoms. The fraction of sp³-hybridized carbons (Fsp3) is 0.133. The first-order valence-electron chi connectivity index (χ1n) is 6.03. The highest BCUT2D eigenvalue weighted by molar-refractivity contribution is 9.10. The summed E-state index contributed by atoms with van der Waals surface area (Å²) in [7, 11) is 1.51. The van der Waals surface area contributed by atoms with E-state index in [1.807, 2.05) is 24.3 Å². The zero-order valence-electron chi connectivity index (χ0n) is 11.0. The molecule has 0 atom stereocenters. The monoisotopic (exact) mass is 417 g/mol. The first-order valence-corrected chi connectivity index (χ1v) is 7.61. The third-order valence-electron chi connectivity index (χ3n) is 2.90. The molecular formula is C15H11Br2F2NO. The third kappa shape index (κ3) is 3.89. The second-order valence-electron chi connectivity index (χ2n) is 4.53. The molecule has 6 heteroatoms. The number of carbonyl (C=O) groups excluding carboxylic acids is 1. The van der Waals surface area contributed by atoms with Crippen LogP contribution in [-0.4, -0.2) is 17.9 Å². The van der Waals surface area contributed by atoms with Crippen LogP contribution in [0.5, 0.6) is 0 Å². The second kappa shape index (κ2) is 6.66. The van der Waals surface area contributed by atoms with Crippen LogP contribution in [0.25, 0.3) is 0 Å². The smallest absolute Gasteiger partial charge is 0.259 e. The predicted molar refractivity (Wildman–Crippen MR) is 84.0 cm³/mol. The molecule has 1 amide bonds. The third-order valence-corrected chi connectivity index (χ3v) is 3.89. The van der Waals surface area contributed by atoms with Gasteiger partial charge in [0.1, 0.15) is 17.2 Å². The molecule has 0 unspecified atom stereocenters. The molecule has 0 saturated carbocycles. The van der Waals surface area contributed by atoms with Gasteiger partial charge in [0.05, 0.1) is 0 Å². The lowest BCUT2D eigenvalue weighted by Crippen LogP contribution is -2.28. The van der Waals surface area contributed by atoms with E-state index in [-0.39, 0.29) is 11.0 Å². The molecule has 110 valence electrons. The topological polar surface area (TPSA) is 20.3 Å². The van der Waals surface area contributed by atoms with Gasteiger partial charge in [0.15, 0.2) is 0 Å². The van der Waals surface area contributed by atoms with Crippen LogP contribution in [0.15, 0.2) is 45.3 Å². The van der Waals surface area contributed by atoms with Gasteiger partial charge in [0.2, 0.25) is 0 Å². The maximum absolute atomic E-state index is 13.8. The van der Waals surface area contributed by atoms with E-state index in [4.69, 9.17) is 0 Å². The number of hydrogen-bond acceptors (Lipinski definition) is 1. The van der Waals surface area contributed by atoms with Crippen molar-refractivity contribution in [2.24, 2.45) is 0 Å². The number of benzene rings is 2. The Balaban J connectivity index is 2.22. The number of nitrogens with zero attached hydrogens (tertiary/aromatic N) is 1. The van der Waals surface area contributed by atoms with Crippen LogP contribution in [0, 0.1) is 11.6 Å². The van der Waals surface area contributed by atoms with Gasteiger partial charge in [-0.3, -0.25) is 4.79 Å². The molecule has 0 aliphatic carbocycles. The van der Waals surface area contributed by atoms with E-state index in [2.05, 4.69) is 31.9 Å². The van der Waals surface area contributed by atoms with Crippen molar-refractivity contribution in [3.63, 3.8) is 0 Å². The fourth-order valence-corrected chi connectivity index (χ4v) is 2.54. The minimum absolute atomic E-state index is 0.254. The summed E-state index contributed by atoms with van der Waals surface area (Å²) in [5.41, 5.74) is 0.324. The van der Waals surface area contributed by atoms with Crippen LogP contribution in [0.2, 0.25) is 0 Å². The number of carbonyl (C=O) groups is 1. The van der Waals surface area contributed by atoms with Gasteiger partial charge in [-0.2, -0.15) is 0 Å². The molecule has 0 heterocycles. The lowest BCUT2D eigenvalue weighted by molar-refractivity contribution is 0.0775. The molecule has 0 radical (unpaired) electrons. The molecule has 0 bridgehead atoms. The first kappa shape index (κ1) is 16.1. The SMILES string of the molecule is CN(Cc1ccc(Br)cc1)C(=O)c1c(F)cc(Br)cc1F. The second-order valence-corrected chi connectivity index (χ2v) is 6.36. The van der Waals surface area contributed by atoms with E-state index in [0.717, 1.165) is 22.2 Å². The molecule has 0 aliphatic heterocycles. The van der Waals surface area contributed by atoms with Gasteiger partial charge in [-0.25, -0.2) is 8.78 Å². The standard InChI is InChI=1S/C15H11Br2F2NO/c1-20(8-9-2-4-10(16)5-3-9)15(21)14-12(18)6-11(17)7-13(14)19/h2-7H,8H2,1H3. The maximum atomic E-state index is 13.8. The molecule has 2 aromatic carbocycles. The van der Waals surface area contributed by atoms with E-state index in [1.165, 1.54) is 11.9 Å². The highest BCUT2D eigenvalue weighted by Gasteiger charge is 2.21. The van der Waals surface area contributed by atoms with Gasteiger partial charge < -0.3 is 4.90 Å². The molecule has 2 aromatic rings. The summed E-state index contributed by atoms with van der Waals surface area (Å²) in [5.74, 6) is -2.45. The summed E-state index contributed by atoms with van der Waals surface area (Å²) in [5, 5.41) is 0. The van der Waals surface area contributed by atoms with Crippen LogP contribution in [0.4, 0.5) is 8.78 Å². The van der Waals surface area contributed by atoms with Crippen LogP contribution < -0.4 is 0 Å². The van der Waals surface area contributed by atoms with Crippen molar-refractivity contribution in [2.45, 2.75) is 6.54 Å². The minimum atomic E-state index is -0.880. The van der Waals surface area contributed by atoms with Crippen molar-refractivity contribution >= 4 is 37.8 Å². The van der Waals surface area contributed by atoms with Gasteiger partial charge in [-0.05, 0) is 29.8 Å². The van der Waals surface area contributed by atoms with E-state index in [1.54, 1.807) is 0 Å². The van der Waals surface area contributed by atoms with Gasteiger partial charge >= 0.3 is 0 Å². The Bertz CT molecular complexity index is 651. The lowest BCUT2D eigenvalue weighted by atomic mass is 10.1. The number of hydrogen-bond donors (Lipinski definition) is 0. The highest BCUT2D eigenvalue weighted by atomic mass is 79.9. The van der Waals surface area contributed by atoms with Crippen LogP contribution in [-0.2, 0) is 6.54 Å². The zero-order chi connectivity index (χ0) is 15.6. The maximum Gasteiger partial charge on any atom is 0.259 e. The van der Waals surface area contributed by atoms with Crippen LogP contribution in [0.3, 0.4) is 0 Å². The predicted octanol–water partition coefficient (Wildman–Crippen LogP) is 4.76. The van der Waals surface area contributed by atoms with E-state index in [0.29, 0.717) is 0 Å². The lowest BCUT2D eigenvalue weighted by Gasteiger charge is -2.18. The molecule has 0 N–H and O–H groups in total. The van der Waals surface area contributed by atoms with Gasteiger partial charge in [0.25, 0.3) is 5.91 Å². The van der Waals surface area contributed by atoms with Crippen molar-refractivity contribution < 1.29 is 13.6 Å². The minimum Gasteiger partial charge on any atom is -0.337 e. The van der Waals surface area contributed by atoms with E-state index in [9.17, 15) is 13.6 Å². The largest absolute Gasteiger partial charge is 0.337 e. The van der Waals surface area contributed by atoms with E-state index < -0.39 is 23.1 Å². The quantitative estimate of drug-likeness (QED) is 0.703. The van der Waals surface area contributed by atoms with Crippen molar-refractivity contribution in [3.05, 3.63) is 68.1 Å². The summed E-state index contributed by atoms with van der Waals surface area (Å²) in [6.45, 7) is 0.265. The van der Waals surface area contributed by atoms with E-state index >= 15 is 0 Å². The first-order chi connectivity index (χ1) is 9.88. The van der Waals surface area contributed by atoms with Crippen molar-refractivity contribution in [1.29, 1.82) is 0 Å². The molecule has 0 aliphatic rings. The summed E-state index contributed by atoms with van der Waals surface area (Å²) >= 11 is 6.30. The average Bonchev–Trinajstić information content (AvgIpc) is 2.40. The Kier molecular flexibility index (Phi) is 5.11. The van der Waals surface area contributed by atoms with Crippen molar-refractivity contribution in [2.75, 3.05) is 7.05 Å². The van der Waals surface area contributed by atoms with Crippen molar-refractivity contribution in [1.82, 2.24) is 4.90 Å². The number of amides is 1. The Morgan fingerprint density at radius 1 is 1.05 bits per heavy atom. The Labute approximate surface area is 138 Å². The zero-order valence-corrected chi connectivity index (χ0v) is 14.2. The van der Waals surface area contributed by atoms with Crippen LogP contribution in [0.1, 0.15) is 15.9 Å². The molecule has 0 aromatic heterocycles. The summed E-state index contributed by atoms with van der Waals surface area (Å²) in [6, 6.07) is 9.50. The molecule has 2 nitrogen and oxygen atoms in total. The number of halogens is 4. The molecule has 0 saturated heterocycles. The number of rotatable bonds is 3. The van der Waals surface area contributed by atoms with Gasteiger partial charge in [0, 0.05) is 22.5 Å². The Morgan fingerprint density at radius 2 is 1.57 bits per heavy atom. The Morgan fingerprint density at radius 3 is 2.10 bits per heavy atom. The van der Waals surface area contributed by atoms with Crippen LogP contribution >= 0.6 is 31.9 Å². The summed E-state index contributed by atoms with van der Waals surface area (Å²) < 4.78 is 28.8. The van der Waals surface area contributed by atoms with Crippen molar-refractivity contribution in [3.8, 4) is 0 Å². The fourth-order valence-electron chi connectivity index (χ4n) is 1.87. The molecular weight excluding hydrogens is 408 g/mol. The Hall–Kier alpha value is -1.27. The highest BCUT2D eigenvalue weighted by Crippen LogP contribution is 2.21. The molecule has 0 fully saturated rings. The summed E-state index contributed by atoms with van der Waals surface area (Å²) in [4.78, 5) is 13.5. The summed E-state index contributed by atoms with van der Waals surface area (Å²) in [6.07, 6.45) is 0.